The van der Waals surface area contributed by atoms with Gasteiger partial charge in [-0.15, -0.1) is 0 Å². The van der Waals surface area contributed by atoms with E-state index >= 15 is 0 Å². The monoisotopic (exact) mass is 181 g/mol. The van der Waals surface area contributed by atoms with Gasteiger partial charge in [0.2, 0.25) is 5.91 Å². The number of fused-ring (bicyclic) bond motifs is 2. The molecule has 3 N–H and O–H groups in total. The maximum Gasteiger partial charge on any atom is 0.244 e. The van der Waals surface area contributed by atoms with E-state index < -0.39 is 6.10 Å². The van der Waals surface area contributed by atoms with Gasteiger partial charge in [0.25, 0.3) is 0 Å². The number of aliphatic hydroxyl groups is 1. The van der Waals surface area contributed by atoms with E-state index in [9.17, 15) is 9.90 Å². The summed E-state index contributed by atoms with van der Waals surface area (Å²) in [6, 6.07) is 0. The molecule has 1 fully saturated rings. The lowest BCUT2D eigenvalue weighted by molar-refractivity contribution is -0.116. The lowest BCUT2D eigenvalue weighted by atomic mass is 9.76. The number of nitrogens with two attached hydrogens (primary N) is 1. The Kier molecular flexibility index (Phi) is 1.74. The Bertz CT molecular complexity index is 283. The number of hydrogen-bond acceptors (Lipinski definition) is 2. The molecule has 0 radical (unpaired) electrons. The number of aliphatic hydroxyl groups excluding tert-OH is 1. The number of carbonyl (C=O) groups is 1. The standard InChI is InChI=1S/C10H15NO2/c1-6(12)10-3-2-7(5-10)4-8(10)9(11)13/h4,6-7,12H,2-3,5H2,1H3,(H2,11,13). The van der Waals surface area contributed by atoms with E-state index in [2.05, 4.69) is 0 Å². The van der Waals surface area contributed by atoms with Crippen molar-refractivity contribution in [1.29, 1.82) is 0 Å². The molecule has 2 rings (SSSR count). The Labute approximate surface area is 77.6 Å². The van der Waals surface area contributed by atoms with Gasteiger partial charge in [-0.2, -0.15) is 0 Å². The molecule has 0 heterocycles. The number of hydrogen-bond donors (Lipinski definition) is 2. The molecule has 3 heteroatoms. The zero-order valence-corrected chi connectivity index (χ0v) is 7.79. The molecule has 3 atom stereocenters. The summed E-state index contributed by atoms with van der Waals surface area (Å²) >= 11 is 0. The first-order valence-electron chi connectivity index (χ1n) is 4.76. The van der Waals surface area contributed by atoms with Crippen molar-refractivity contribution < 1.29 is 9.90 Å². The molecule has 0 aliphatic heterocycles. The van der Waals surface area contributed by atoms with Gasteiger partial charge in [-0.1, -0.05) is 6.08 Å². The highest BCUT2D eigenvalue weighted by Crippen LogP contribution is 2.55. The van der Waals surface area contributed by atoms with Gasteiger partial charge in [0, 0.05) is 11.0 Å². The number of allylic oxidation sites excluding steroid dienone is 1. The van der Waals surface area contributed by atoms with Crippen molar-refractivity contribution in [1.82, 2.24) is 0 Å². The fraction of sp³-hybridized carbons (Fsp3) is 0.700. The van der Waals surface area contributed by atoms with Crippen molar-refractivity contribution >= 4 is 5.91 Å². The molecule has 2 aliphatic carbocycles. The van der Waals surface area contributed by atoms with E-state index in [4.69, 9.17) is 5.73 Å². The molecule has 1 amide bonds. The van der Waals surface area contributed by atoms with Gasteiger partial charge in [-0.25, -0.2) is 0 Å². The minimum absolute atomic E-state index is 0.309. The highest BCUT2D eigenvalue weighted by molar-refractivity contribution is 5.94. The van der Waals surface area contributed by atoms with Crippen LogP contribution in [0.15, 0.2) is 11.6 Å². The third-order valence-corrected chi connectivity index (χ3v) is 3.59. The first-order valence-corrected chi connectivity index (χ1v) is 4.76. The van der Waals surface area contributed by atoms with Gasteiger partial charge < -0.3 is 10.8 Å². The van der Waals surface area contributed by atoms with Crippen LogP contribution in [-0.4, -0.2) is 17.1 Å². The lowest BCUT2D eigenvalue weighted by Gasteiger charge is -2.31. The van der Waals surface area contributed by atoms with Crippen molar-refractivity contribution in [3.05, 3.63) is 11.6 Å². The number of primary amides is 1. The van der Waals surface area contributed by atoms with Crippen molar-refractivity contribution in [2.24, 2.45) is 17.1 Å². The average molecular weight is 181 g/mol. The Morgan fingerprint density at radius 1 is 1.85 bits per heavy atom. The average Bonchev–Trinajstić information content (AvgIpc) is 2.60. The first-order chi connectivity index (χ1) is 6.06. The van der Waals surface area contributed by atoms with Crippen LogP contribution in [0.4, 0.5) is 0 Å². The quantitative estimate of drug-likeness (QED) is 0.654. The number of amides is 1. The fourth-order valence-electron chi connectivity index (χ4n) is 2.84. The second-order valence-electron chi connectivity index (χ2n) is 4.28. The van der Waals surface area contributed by atoms with Gasteiger partial charge >= 0.3 is 0 Å². The third kappa shape index (κ3) is 1.03. The molecule has 3 unspecified atom stereocenters. The fourth-order valence-corrected chi connectivity index (χ4v) is 2.84. The van der Waals surface area contributed by atoms with Crippen molar-refractivity contribution in [3.63, 3.8) is 0 Å². The second-order valence-corrected chi connectivity index (χ2v) is 4.28. The largest absolute Gasteiger partial charge is 0.392 e. The van der Waals surface area contributed by atoms with E-state index in [1.165, 1.54) is 0 Å². The summed E-state index contributed by atoms with van der Waals surface area (Å²) in [5.41, 5.74) is 5.65. The molecule has 2 bridgehead atoms. The molecule has 0 aromatic carbocycles. The summed E-state index contributed by atoms with van der Waals surface area (Å²) < 4.78 is 0. The Morgan fingerprint density at radius 3 is 2.92 bits per heavy atom. The summed E-state index contributed by atoms with van der Waals surface area (Å²) in [4.78, 5) is 11.1. The van der Waals surface area contributed by atoms with Crippen molar-refractivity contribution in [3.8, 4) is 0 Å². The zero-order chi connectivity index (χ0) is 9.64. The van der Waals surface area contributed by atoms with Gasteiger partial charge in [0.15, 0.2) is 0 Å². The van der Waals surface area contributed by atoms with E-state index in [1.54, 1.807) is 6.92 Å². The Balaban J connectivity index is 2.38. The molecule has 3 nitrogen and oxygen atoms in total. The lowest BCUT2D eigenvalue weighted by Crippen LogP contribution is -2.36. The zero-order valence-electron chi connectivity index (χ0n) is 7.79. The predicted molar refractivity (Wildman–Crippen MR) is 48.7 cm³/mol. The summed E-state index contributed by atoms with van der Waals surface area (Å²) in [6.45, 7) is 1.75. The third-order valence-electron chi connectivity index (χ3n) is 3.59. The molecule has 72 valence electrons. The highest BCUT2D eigenvalue weighted by atomic mass is 16.3. The van der Waals surface area contributed by atoms with E-state index in [1.807, 2.05) is 6.08 Å². The van der Waals surface area contributed by atoms with Crippen LogP contribution in [0, 0.1) is 11.3 Å². The van der Waals surface area contributed by atoms with Gasteiger partial charge in [0.05, 0.1) is 6.10 Å². The smallest absolute Gasteiger partial charge is 0.244 e. The van der Waals surface area contributed by atoms with E-state index in [0.717, 1.165) is 19.3 Å². The number of rotatable bonds is 2. The molecular formula is C10H15NO2. The molecule has 0 spiro atoms. The van der Waals surface area contributed by atoms with Crippen LogP contribution in [0.1, 0.15) is 26.2 Å². The van der Waals surface area contributed by atoms with Crippen LogP contribution in [0.5, 0.6) is 0 Å². The summed E-state index contributed by atoms with van der Waals surface area (Å²) in [5.74, 6) is 0.111. The highest BCUT2D eigenvalue weighted by Gasteiger charge is 2.51. The first kappa shape index (κ1) is 8.75. The molecule has 0 aromatic rings. The topological polar surface area (TPSA) is 63.3 Å². The van der Waals surface area contributed by atoms with Gasteiger partial charge in [-0.05, 0) is 32.1 Å². The van der Waals surface area contributed by atoms with Gasteiger partial charge in [-0.3, -0.25) is 4.79 Å². The molecule has 1 saturated carbocycles. The minimum Gasteiger partial charge on any atom is -0.392 e. The molecule has 0 aromatic heterocycles. The summed E-state index contributed by atoms with van der Waals surface area (Å²) in [5, 5.41) is 9.70. The van der Waals surface area contributed by atoms with Gasteiger partial charge in [0.1, 0.15) is 0 Å². The van der Waals surface area contributed by atoms with E-state index in [0.29, 0.717) is 11.5 Å². The molecule has 2 aliphatic rings. The maximum absolute atomic E-state index is 11.1. The molecular weight excluding hydrogens is 166 g/mol. The van der Waals surface area contributed by atoms with Crippen LogP contribution in [-0.2, 0) is 4.79 Å². The van der Waals surface area contributed by atoms with E-state index in [-0.39, 0.29) is 11.3 Å². The molecule has 0 saturated heterocycles. The second kappa shape index (κ2) is 2.58. The normalized spacial score (nSPS) is 38.9. The van der Waals surface area contributed by atoms with Crippen LogP contribution in [0.2, 0.25) is 0 Å². The van der Waals surface area contributed by atoms with Crippen LogP contribution in [0.25, 0.3) is 0 Å². The predicted octanol–water partition coefficient (Wildman–Crippen LogP) is 0.579. The minimum atomic E-state index is -0.459. The SMILES string of the molecule is CC(O)C12CCC(C=C1C(N)=O)C2. The van der Waals surface area contributed by atoms with Crippen LogP contribution in [0.3, 0.4) is 0 Å². The summed E-state index contributed by atoms with van der Waals surface area (Å²) in [7, 11) is 0. The van der Waals surface area contributed by atoms with Crippen LogP contribution < -0.4 is 5.73 Å². The van der Waals surface area contributed by atoms with Crippen molar-refractivity contribution in [2.45, 2.75) is 32.3 Å². The Hall–Kier alpha value is -0.830. The maximum atomic E-state index is 11.1. The summed E-state index contributed by atoms with van der Waals surface area (Å²) in [6.07, 6.45) is 4.39. The Morgan fingerprint density at radius 2 is 2.54 bits per heavy atom. The van der Waals surface area contributed by atoms with Crippen LogP contribution >= 0.6 is 0 Å². The van der Waals surface area contributed by atoms with Crippen molar-refractivity contribution in [2.75, 3.05) is 0 Å². The molecule has 13 heavy (non-hydrogen) atoms. The number of carbonyl (C=O) groups excluding carboxylic acids is 1.